The number of nitrogens with zero attached hydrogens (tertiary/aromatic N) is 2. The van der Waals surface area contributed by atoms with Crippen molar-refractivity contribution in [1.29, 1.82) is 0 Å². The number of rotatable bonds is 3. The quantitative estimate of drug-likeness (QED) is 0.857. The van der Waals surface area contributed by atoms with Crippen molar-refractivity contribution < 1.29 is 0 Å². The van der Waals surface area contributed by atoms with E-state index in [4.69, 9.17) is 0 Å². The summed E-state index contributed by atoms with van der Waals surface area (Å²) in [6, 6.07) is 1.98. The summed E-state index contributed by atoms with van der Waals surface area (Å²) >= 11 is 0. The molecule has 0 amide bonds. The van der Waals surface area contributed by atoms with Crippen LogP contribution < -0.4 is 11.0 Å². The molecule has 0 saturated carbocycles. The van der Waals surface area contributed by atoms with Gasteiger partial charge in [-0.15, -0.1) is 0 Å². The van der Waals surface area contributed by atoms with Crippen molar-refractivity contribution in [1.82, 2.24) is 14.9 Å². The zero-order valence-electron chi connectivity index (χ0n) is 10.7. The highest BCUT2D eigenvalue weighted by Gasteiger charge is 2.13. The highest BCUT2D eigenvalue weighted by atomic mass is 16.1. The SMILES string of the molecule is Cc1cc(C)n(CCC2CCNCC2)c(=O)n1. The van der Waals surface area contributed by atoms with Gasteiger partial charge in [-0.2, -0.15) is 4.98 Å². The number of nitrogens with one attached hydrogen (secondary N) is 1. The summed E-state index contributed by atoms with van der Waals surface area (Å²) in [6.07, 6.45) is 3.55. The van der Waals surface area contributed by atoms with Crippen molar-refractivity contribution >= 4 is 0 Å². The third-order valence-corrected chi connectivity index (χ3v) is 3.57. The summed E-state index contributed by atoms with van der Waals surface area (Å²) in [7, 11) is 0. The van der Waals surface area contributed by atoms with Gasteiger partial charge in [-0.05, 0) is 58.2 Å². The summed E-state index contributed by atoms with van der Waals surface area (Å²) in [6.45, 7) is 6.89. The van der Waals surface area contributed by atoms with Crippen LogP contribution in [0.25, 0.3) is 0 Å². The monoisotopic (exact) mass is 235 g/mol. The van der Waals surface area contributed by atoms with Crippen LogP contribution in [0.5, 0.6) is 0 Å². The van der Waals surface area contributed by atoms with Gasteiger partial charge in [0, 0.05) is 17.9 Å². The number of hydrogen-bond donors (Lipinski definition) is 1. The van der Waals surface area contributed by atoms with Gasteiger partial charge in [-0.25, -0.2) is 4.79 Å². The van der Waals surface area contributed by atoms with E-state index in [1.165, 1.54) is 12.8 Å². The molecule has 0 aliphatic carbocycles. The van der Waals surface area contributed by atoms with E-state index >= 15 is 0 Å². The fraction of sp³-hybridized carbons (Fsp3) is 0.692. The average molecular weight is 235 g/mol. The first-order valence-electron chi connectivity index (χ1n) is 6.42. The van der Waals surface area contributed by atoms with Gasteiger partial charge in [0.25, 0.3) is 0 Å². The zero-order valence-corrected chi connectivity index (χ0v) is 10.7. The summed E-state index contributed by atoms with van der Waals surface area (Å²) in [5.41, 5.74) is 1.73. The zero-order chi connectivity index (χ0) is 12.3. The summed E-state index contributed by atoms with van der Waals surface area (Å²) in [5.74, 6) is 0.754. The maximum atomic E-state index is 11.8. The highest BCUT2D eigenvalue weighted by molar-refractivity contribution is 5.06. The van der Waals surface area contributed by atoms with Crippen LogP contribution in [0.1, 0.15) is 30.7 Å². The first kappa shape index (κ1) is 12.3. The molecule has 0 bridgehead atoms. The Morgan fingerprint density at radius 1 is 1.41 bits per heavy atom. The van der Waals surface area contributed by atoms with Gasteiger partial charge in [-0.3, -0.25) is 4.57 Å². The first-order chi connectivity index (χ1) is 8.16. The Labute approximate surface area is 102 Å². The lowest BCUT2D eigenvalue weighted by Gasteiger charge is -2.23. The van der Waals surface area contributed by atoms with E-state index in [0.29, 0.717) is 0 Å². The normalized spacial score (nSPS) is 17.3. The molecule has 1 aromatic heterocycles. The van der Waals surface area contributed by atoms with Crippen molar-refractivity contribution in [2.24, 2.45) is 5.92 Å². The van der Waals surface area contributed by atoms with Crippen LogP contribution in [0.15, 0.2) is 10.9 Å². The lowest BCUT2D eigenvalue weighted by atomic mass is 9.95. The Kier molecular flexibility index (Phi) is 3.94. The Balaban J connectivity index is 2.01. The predicted molar refractivity (Wildman–Crippen MR) is 68.2 cm³/mol. The number of hydrogen-bond acceptors (Lipinski definition) is 3. The van der Waals surface area contributed by atoms with Crippen molar-refractivity contribution in [3.8, 4) is 0 Å². The smallest absolute Gasteiger partial charge is 0.317 e. The van der Waals surface area contributed by atoms with E-state index in [1.54, 1.807) is 4.57 Å². The Hall–Kier alpha value is -1.16. The van der Waals surface area contributed by atoms with Crippen LogP contribution in [0.3, 0.4) is 0 Å². The van der Waals surface area contributed by atoms with Gasteiger partial charge in [0.05, 0.1) is 0 Å². The van der Waals surface area contributed by atoms with E-state index in [2.05, 4.69) is 10.3 Å². The summed E-state index contributed by atoms with van der Waals surface area (Å²) in [5, 5.41) is 3.36. The van der Waals surface area contributed by atoms with Crippen molar-refractivity contribution in [3.63, 3.8) is 0 Å². The highest BCUT2D eigenvalue weighted by Crippen LogP contribution is 2.16. The molecule has 0 atom stereocenters. The standard InChI is InChI=1S/C13H21N3O/c1-10-9-11(2)16(13(17)15-10)8-5-12-3-6-14-7-4-12/h9,12,14H,3-8H2,1-2H3. The number of piperidine rings is 1. The second-order valence-electron chi connectivity index (χ2n) is 4.96. The maximum Gasteiger partial charge on any atom is 0.347 e. The minimum absolute atomic E-state index is 0.101. The van der Waals surface area contributed by atoms with E-state index in [0.717, 1.165) is 43.4 Å². The van der Waals surface area contributed by atoms with Crippen LogP contribution in [0.2, 0.25) is 0 Å². The Bertz CT molecular complexity index is 433. The number of aromatic nitrogens is 2. The molecule has 1 aliphatic rings. The van der Waals surface area contributed by atoms with Gasteiger partial charge in [0.15, 0.2) is 0 Å². The molecule has 4 nitrogen and oxygen atoms in total. The van der Waals surface area contributed by atoms with E-state index in [9.17, 15) is 4.79 Å². The molecule has 0 unspecified atom stereocenters. The summed E-state index contributed by atoms with van der Waals surface area (Å²) in [4.78, 5) is 15.8. The molecular weight excluding hydrogens is 214 g/mol. The molecule has 94 valence electrons. The predicted octanol–water partition coefficient (Wildman–Crippen LogP) is 1.25. The molecule has 1 aliphatic heterocycles. The van der Waals surface area contributed by atoms with Crippen LogP contribution in [0, 0.1) is 19.8 Å². The topological polar surface area (TPSA) is 46.9 Å². The third-order valence-electron chi connectivity index (χ3n) is 3.57. The third kappa shape index (κ3) is 3.16. The molecule has 0 radical (unpaired) electrons. The summed E-state index contributed by atoms with van der Waals surface area (Å²) < 4.78 is 1.80. The lowest BCUT2D eigenvalue weighted by molar-refractivity contribution is 0.334. The molecule has 1 saturated heterocycles. The fourth-order valence-corrected chi connectivity index (χ4v) is 2.53. The minimum Gasteiger partial charge on any atom is -0.317 e. The van der Waals surface area contributed by atoms with E-state index < -0.39 is 0 Å². The fourth-order valence-electron chi connectivity index (χ4n) is 2.53. The largest absolute Gasteiger partial charge is 0.347 e. The Morgan fingerprint density at radius 3 is 2.76 bits per heavy atom. The minimum atomic E-state index is -0.101. The molecule has 1 N–H and O–H groups in total. The lowest BCUT2D eigenvalue weighted by Crippen LogP contribution is -2.30. The second-order valence-corrected chi connectivity index (χ2v) is 4.96. The molecule has 0 aromatic carbocycles. The molecule has 1 fully saturated rings. The Morgan fingerprint density at radius 2 is 2.12 bits per heavy atom. The van der Waals surface area contributed by atoms with Crippen molar-refractivity contribution in [2.75, 3.05) is 13.1 Å². The van der Waals surface area contributed by atoms with Crippen molar-refractivity contribution in [3.05, 3.63) is 27.9 Å². The molecule has 17 heavy (non-hydrogen) atoms. The van der Waals surface area contributed by atoms with E-state index in [-0.39, 0.29) is 5.69 Å². The van der Waals surface area contributed by atoms with Crippen LogP contribution in [0.4, 0.5) is 0 Å². The van der Waals surface area contributed by atoms with Crippen LogP contribution in [-0.4, -0.2) is 22.6 Å². The van der Waals surface area contributed by atoms with Gasteiger partial charge in [-0.1, -0.05) is 0 Å². The maximum absolute atomic E-state index is 11.8. The van der Waals surface area contributed by atoms with Crippen molar-refractivity contribution in [2.45, 2.75) is 39.7 Å². The molecule has 1 aromatic rings. The van der Waals surface area contributed by atoms with Crippen LogP contribution >= 0.6 is 0 Å². The first-order valence-corrected chi connectivity index (χ1v) is 6.42. The second kappa shape index (κ2) is 5.45. The molecular formula is C13H21N3O. The van der Waals surface area contributed by atoms with E-state index in [1.807, 2.05) is 19.9 Å². The van der Waals surface area contributed by atoms with Gasteiger partial charge < -0.3 is 5.32 Å². The molecule has 2 heterocycles. The molecule has 2 rings (SSSR count). The van der Waals surface area contributed by atoms with Crippen LogP contribution in [-0.2, 0) is 6.54 Å². The van der Waals surface area contributed by atoms with Gasteiger partial charge in [0.2, 0.25) is 0 Å². The van der Waals surface area contributed by atoms with Gasteiger partial charge >= 0.3 is 5.69 Å². The molecule has 4 heteroatoms. The van der Waals surface area contributed by atoms with Gasteiger partial charge in [0.1, 0.15) is 0 Å². The number of aryl methyl sites for hydroxylation is 2. The average Bonchev–Trinajstić information content (AvgIpc) is 2.29. The molecule has 0 spiro atoms.